The molecule has 0 aromatic heterocycles. The molecular weight excluding hydrogens is 202 g/mol. The highest BCUT2D eigenvalue weighted by molar-refractivity contribution is 5.75. The molecule has 16 heavy (non-hydrogen) atoms. The number of hydrogen-bond acceptors (Lipinski definition) is 3. The second-order valence-corrected chi connectivity index (χ2v) is 4.95. The van der Waals surface area contributed by atoms with E-state index in [0.29, 0.717) is 5.78 Å². The summed E-state index contributed by atoms with van der Waals surface area (Å²) < 4.78 is 5.35. The summed E-state index contributed by atoms with van der Waals surface area (Å²) in [6.45, 7) is 5.75. The molecule has 94 valence electrons. The van der Waals surface area contributed by atoms with Crippen LogP contribution in [0.2, 0.25) is 0 Å². The minimum atomic E-state index is 0.304. The van der Waals surface area contributed by atoms with Gasteiger partial charge in [0.25, 0.3) is 0 Å². The third kappa shape index (κ3) is 6.23. The van der Waals surface area contributed by atoms with Crippen LogP contribution in [0.1, 0.15) is 39.0 Å². The Balaban J connectivity index is 2.00. The summed E-state index contributed by atoms with van der Waals surface area (Å²) in [5.74, 6) is 1.15. The molecule has 0 radical (unpaired) electrons. The summed E-state index contributed by atoms with van der Waals surface area (Å²) in [5, 5.41) is 0. The van der Waals surface area contributed by atoms with Crippen LogP contribution in [0.3, 0.4) is 0 Å². The van der Waals surface area contributed by atoms with Crippen molar-refractivity contribution < 1.29 is 9.53 Å². The number of nitrogens with zero attached hydrogens (tertiary/aromatic N) is 1. The molecule has 3 nitrogen and oxygen atoms in total. The summed E-state index contributed by atoms with van der Waals surface area (Å²) in [5.41, 5.74) is 0. The molecule has 1 rings (SSSR count). The summed E-state index contributed by atoms with van der Waals surface area (Å²) in [6, 6.07) is 0. The van der Waals surface area contributed by atoms with Crippen LogP contribution in [0.5, 0.6) is 0 Å². The van der Waals surface area contributed by atoms with Crippen LogP contribution in [-0.2, 0) is 9.53 Å². The van der Waals surface area contributed by atoms with E-state index in [4.69, 9.17) is 4.74 Å². The van der Waals surface area contributed by atoms with Crippen molar-refractivity contribution in [3.05, 3.63) is 0 Å². The van der Waals surface area contributed by atoms with E-state index in [2.05, 4.69) is 11.9 Å². The predicted molar refractivity (Wildman–Crippen MR) is 65.6 cm³/mol. The van der Waals surface area contributed by atoms with E-state index in [1.165, 1.54) is 19.3 Å². The van der Waals surface area contributed by atoms with Crippen molar-refractivity contribution in [2.24, 2.45) is 5.92 Å². The first-order valence-electron chi connectivity index (χ1n) is 6.44. The molecule has 1 heterocycles. The molecule has 0 N–H and O–H groups in total. The maximum absolute atomic E-state index is 10.8. The van der Waals surface area contributed by atoms with Gasteiger partial charge < -0.3 is 14.4 Å². The monoisotopic (exact) mass is 227 g/mol. The molecule has 0 aromatic carbocycles. The average Bonchev–Trinajstić information content (AvgIpc) is 2.27. The van der Waals surface area contributed by atoms with Crippen LogP contribution in [-0.4, -0.2) is 44.0 Å². The Bertz CT molecular complexity index is 200. The average molecular weight is 227 g/mol. The second-order valence-electron chi connectivity index (χ2n) is 4.95. The number of carbonyl (C=O) groups excluding carboxylic acids is 1. The molecule has 0 aliphatic carbocycles. The largest absolute Gasteiger partial charge is 0.381 e. The predicted octanol–water partition coefficient (Wildman–Crippen LogP) is 2.10. The molecule has 1 aliphatic heterocycles. The first-order chi connectivity index (χ1) is 7.68. The molecule has 0 spiro atoms. The van der Waals surface area contributed by atoms with Crippen molar-refractivity contribution in [1.82, 2.24) is 4.90 Å². The third-order valence-electron chi connectivity index (χ3n) is 3.33. The van der Waals surface area contributed by atoms with Gasteiger partial charge >= 0.3 is 0 Å². The van der Waals surface area contributed by atoms with Crippen LogP contribution >= 0.6 is 0 Å². The number of rotatable bonds is 7. The van der Waals surface area contributed by atoms with Crippen LogP contribution in [0, 0.1) is 5.92 Å². The topological polar surface area (TPSA) is 29.5 Å². The van der Waals surface area contributed by atoms with E-state index in [1.807, 2.05) is 0 Å². The highest BCUT2D eigenvalue weighted by Gasteiger charge is 2.13. The maximum atomic E-state index is 10.8. The van der Waals surface area contributed by atoms with Gasteiger partial charge in [-0.25, -0.2) is 0 Å². The van der Waals surface area contributed by atoms with Gasteiger partial charge in [-0.2, -0.15) is 0 Å². The minimum Gasteiger partial charge on any atom is -0.381 e. The lowest BCUT2D eigenvalue weighted by Crippen LogP contribution is -2.25. The Hall–Kier alpha value is -0.410. The fourth-order valence-corrected chi connectivity index (χ4v) is 2.15. The van der Waals surface area contributed by atoms with Gasteiger partial charge in [-0.3, -0.25) is 0 Å². The van der Waals surface area contributed by atoms with Gasteiger partial charge in [0.05, 0.1) is 0 Å². The lowest BCUT2D eigenvalue weighted by atomic mass is 9.96. The summed E-state index contributed by atoms with van der Waals surface area (Å²) in [7, 11) is 2.15. The van der Waals surface area contributed by atoms with Crippen molar-refractivity contribution in [1.29, 1.82) is 0 Å². The Kier molecular flexibility index (Phi) is 6.65. The van der Waals surface area contributed by atoms with Gasteiger partial charge in [0.1, 0.15) is 5.78 Å². The molecule has 1 aliphatic rings. The summed E-state index contributed by atoms with van der Waals surface area (Å²) in [4.78, 5) is 13.1. The Labute approximate surface area is 99.1 Å². The lowest BCUT2D eigenvalue weighted by molar-refractivity contribution is -0.117. The van der Waals surface area contributed by atoms with E-state index in [0.717, 1.165) is 45.1 Å². The number of hydrogen-bond donors (Lipinski definition) is 0. The Morgan fingerprint density at radius 2 is 2.00 bits per heavy atom. The van der Waals surface area contributed by atoms with Crippen molar-refractivity contribution in [2.45, 2.75) is 39.0 Å². The van der Waals surface area contributed by atoms with Crippen molar-refractivity contribution in [3.63, 3.8) is 0 Å². The van der Waals surface area contributed by atoms with E-state index >= 15 is 0 Å². The molecule has 0 atom stereocenters. The molecule has 1 saturated heterocycles. The Morgan fingerprint density at radius 3 is 2.62 bits per heavy atom. The Morgan fingerprint density at radius 1 is 1.31 bits per heavy atom. The van der Waals surface area contributed by atoms with Crippen molar-refractivity contribution in [2.75, 3.05) is 33.4 Å². The van der Waals surface area contributed by atoms with Gasteiger partial charge in [-0.05, 0) is 58.7 Å². The molecule has 0 amide bonds. The molecule has 3 heteroatoms. The van der Waals surface area contributed by atoms with Gasteiger partial charge in [0.15, 0.2) is 0 Å². The molecule has 1 fully saturated rings. The van der Waals surface area contributed by atoms with Crippen LogP contribution in [0.15, 0.2) is 0 Å². The number of ether oxygens (including phenoxy) is 1. The molecule has 0 bridgehead atoms. The van der Waals surface area contributed by atoms with Crippen LogP contribution in [0.25, 0.3) is 0 Å². The van der Waals surface area contributed by atoms with Crippen LogP contribution in [0.4, 0.5) is 0 Å². The smallest absolute Gasteiger partial charge is 0.129 e. The van der Waals surface area contributed by atoms with E-state index in [-0.39, 0.29) is 0 Å². The third-order valence-corrected chi connectivity index (χ3v) is 3.33. The number of carbonyl (C=O) groups is 1. The first-order valence-corrected chi connectivity index (χ1v) is 6.44. The zero-order valence-electron chi connectivity index (χ0n) is 10.7. The lowest BCUT2D eigenvalue weighted by Gasteiger charge is -2.24. The maximum Gasteiger partial charge on any atom is 0.129 e. The molecule has 0 saturated carbocycles. The van der Waals surface area contributed by atoms with Gasteiger partial charge in [-0.1, -0.05) is 0 Å². The SMILES string of the molecule is CC(=O)CCCN(C)CCC1CCOCC1. The quantitative estimate of drug-likeness (QED) is 0.667. The fourth-order valence-electron chi connectivity index (χ4n) is 2.15. The zero-order chi connectivity index (χ0) is 11.8. The van der Waals surface area contributed by atoms with Crippen molar-refractivity contribution >= 4 is 5.78 Å². The molecular formula is C13H25NO2. The second kappa shape index (κ2) is 7.80. The fraction of sp³-hybridized carbons (Fsp3) is 0.923. The van der Waals surface area contributed by atoms with E-state index in [1.54, 1.807) is 6.92 Å². The summed E-state index contributed by atoms with van der Waals surface area (Å²) in [6.07, 6.45) is 5.45. The van der Waals surface area contributed by atoms with Crippen LogP contribution < -0.4 is 0 Å². The highest BCUT2D eigenvalue weighted by Crippen LogP contribution is 2.18. The van der Waals surface area contributed by atoms with E-state index < -0.39 is 0 Å². The standard InChI is InChI=1S/C13H25NO2/c1-12(15)4-3-8-14(2)9-5-13-6-10-16-11-7-13/h13H,3-11H2,1-2H3. The first kappa shape index (κ1) is 13.7. The van der Waals surface area contributed by atoms with Crippen molar-refractivity contribution in [3.8, 4) is 0 Å². The van der Waals surface area contributed by atoms with Gasteiger partial charge in [0.2, 0.25) is 0 Å². The highest BCUT2D eigenvalue weighted by atomic mass is 16.5. The number of ketones is 1. The van der Waals surface area contributed by atoms with Gasteiger partial charge in [-0.15, -0.1) is 0 Å². The molecule has 0 aromatic rings. The zero-order valence-corrected chi connectivity index (χ0v) is 10.7. The minimum absolute atomic E-state index is 0.304. The van der Waals surface area contributed by atoms with Gasteiger partial charge in [0, 0.05) is 19.6 Å². The number of Topliss-reactive ketones (excluding diaryl/α,β-unsaturated/α-hetero) is 1. The molecule has 0 unspecified atom stereocenters. The summed E-state index contributed by atoms with van der Waals surface area (Å²) >= 11 is 0. The van der Waals surface area contributed by atoms with E-state index in [9.17, 15) is 4.79 Å². The normalized spacial score (nSPS) is 17.9.